The molecule has 0 heterocycles. The van der Waals surface area contributed by atoms with Crippen molar-refractivity contribution >= 4 is 5.91 Å². The fourth-order valence-corrected chi connectivity index (χ4v) is 2.15. The van der Waals surface area contributed by atoms with Crippen LogP contribution in [0.2, 0.25) is 0 Å². The summed E-state index contributed by atoms with van der Waals surface area (Å²) in [7, 11) is 0. The van der Waals surface area contributed by atoms with Gasteiger partial charge in [0.05, 0.1) is 6.61 Å². The number of rotatable bonds is 12. The Morgan fingerprint density at radius 1 is 0.900 bits per heavy atom. The van der Waals surface area contributed by atoms with Gasteiger partial charge in [0.1, 0.15) is 0 Å². The molecule has 0 atom stereocenters. The number of amides is 1. The summed E-state index contributed by atoms with van der Waals surface area (Å²) < 4.78 is 5.64. The first-order valence-corrected chi connectivity index (χ1v) is 7.69. The van der Waals surface area contributed by atoms with E-state index in [-0.39, 0.29) is 5.91 Å². The zero-order valence-electron chi connectivity index (χ0n) is 12.4. The van der Waals surface area contributed by atoms with Crippen LogP contribution in [0.5, 0.6) is 0 Å². The average Bonchev–Trinajstić information content (AvgIpc) is 2.45. The van der Waals surface area contributed by atoms with E-state index >= 15 is 0 Å². The van der Waals surface area contributed by atoms with Crippen LogP contribution < -0.4 is 5.73 Å². The lowest BCUT2D eigenvalue weighted by Crippen LogP contribution is -2.09. The Morgan fingerprint density at radius 3 is 2.15 bits per heavy atom. The molecule has 0 spiro atoms. The normalized spacial score (nSPS) is 10.6. The van der Waals surface area contributed by atoms with Crippen LogP contribution in [0.25, 0.3) is 0 Å². The van der Waals surface area contributed by atoms with Crippen molar-refractivity contribution in [1.82, 2.24) is 0 Å². The van der Waals surface area contributed by atoms with Crippen molar-refractivity contribution in [3.8, 4) is 0 Å². The topological polar surface area (TPSA) is 52.3 Å². The number of carbonyl (C=O) groups excluding carboxylic acids is 1. The third kappa shape index (κ3) is 9.56. The molecule has 0 saturated heterocycles. The number of carbonyl (C=O) groups is 1. The highest BCUT2D eigenvalue weighted by atomic mass is 16.5. The van der Waals surface area contributed by atoms with Crippen LogP contribution in [0.1, 0.15) is 56.9 Å². The van der Waals surface area contributed by atoms with Crippen LogP contribution in [0.15, 0.2) is 30.3 Å². The third-order valence-corrected chi connectivity index (χ3v) is 3.32. The summed E-state index contributed by atoms with van der Waals surface area (Å²) in [5.74, 6) is -0.180. The lowest BCUT2D eigenvalue weighted by atomic mass is 10.1. The van der Waals surface area contributed by atoms with Crippen molar-refractivity contribution in [2.45, 2.75) is 58.0 Å². The molecule has 0 saturated carbocycles. The Morgan fingerprint density at radius 2 is 1.50 bits per heavy atom. The fourth-order valence-electron chi connectivity index (χ4n) is 2.15. The Balaban J connectivity index is 1.80. The number of unbranched alkanes of at least 4 members (excludes halogenated alkanes) is 6. The Labute approximate surface area is 122 Å². The lowest BCUT2D eigenvalue weighted by Gasteiger charge is -2.04. The molecule has 0 fully saturated rings. The van der Waals surface area contributed by atoms with Gasteiger partial charge in [-0.3, -0.25) is 4.79 Å². The van der Waals surface area contributed by atoms with Gasteiger partial charge in [0.2, 0.25) is 5.91 Å². The molecule has 1 aromatic rings. The van der Waals surface area contributed by atoms with E-state index in [0.717, 1.165) is 25.9 Å². The van der Waals surface area contributed by atoms with Gasteiger partial charge < -0.3 is 10.5 Å². The fraction of sp³-hybridized carbons (Fsp3) is 0.588. The predicted octanol–water partition coefficient (Wildman–Crippen LogP) is 3.81. The van der Waals surface area contributed by atoms with Crippen molar-refractivity contribution < 1.29 is 9.53 Å². The second-order valence-corrected chi connectivity index (χ2v) is 5.23. The molecule has 3 nitrogen and oxygen atoms in total. The second-order valence-electron chi connectivity index (χ2n) is 5.23. The molecule has 1 rings (SSSR count). The summed E-state index contributed by atoms with van der Waals surface area (Å²) in [6, 6.07) is 10.3. The molecule has 0 aliphatic rings. The van der Waals surface area contributed by atoms with Gasteiger partial charge in [0.15, 0.2) is 0 Å². The molecule has 2 N–H and O–H groups in total. The van der Waals surface area contributed by atoms with Gasteiger partial charge in [-0.25, -0.2) is 0 Å². The predicted molar refractivity (Wildman–Crippen MR) is 82.2 cm³/mol. The molecule has 0 aromatic heterocycles. The summed E-state index contributed by atoms with van der Waals surface area (Å²) >= 11 is 0. The molecule has 0 bridgehead atoms. The molecule has 1 aromatic carbocycles. The summed E-state index contributed by atoms with van der Waals surface area (Å²) in [6.07, 6.45) is 8.66. The number of hydrogen-bond acceptors (Lipinski definition) is 2. The van der Waals surface area contributed by atoms with Crippen molar-refractivity contribution in [3.63, 3.8) is 0 Å². The van der Waals surface area contributed by atoms with Crippen LogP contribution in [-0.2, 0) is 16.1 Å². The maximum absolute atomic E-state index is 10.5. The van der Waals surface area contributed by atoms with E-state index in [4.69, 9.17) is 10.5 Å². The molecular formula is C17H27NO2. The number of primary amides is 1. The van der Waals surface area contributed by atoms with Crippen LogP contribution in [0, 0.1) is 0 Å². The van der Waals surface area contributed by atoms with E-state index in [2.05, 4.69) is 12.1 Å². The molecule has 0 radical (unpaired) electrons. The van der Waals surface area contributed by atoms with Gasteiger partial charge in [-0.1, -0.05) is 62.4 Å². The van der Waals surface area contributed by atoms with Gasteiger partial charge in [0.25, 0.3) is 0 Å². The first-order chi connectivity index (χ1) is 9.79. The van der Waals surface area contributed by atoms with Gasteiger partial charge >= 0.3 is 0 Å². The van der Waals surface area contributed by atoms with Crippen molar-refractivity contribution in [3.05, 3.63) is 35.9 Å². The Kier molecular flexibility index (Phi) is 9.58. The molecule has 1 amide bonds. The highest BCUT2D eigenvalue weighted by Crippen LogP contribution is 2.09. The minimum atomic E-state index is -0.180. The molecule has 0 unspecified atom stereocenters. The highest BCUT2D eigenvalue weighted by Gasteiger charge is 1.96. The SMILES string of the molecule is NC(=O)CCCCCCCCCOCc1ccccc1. The summed E-state index contributed by atoms with van der Waals surface area (Å²) in [5.41, 5.74) is 6.33. The van der Waals surface area contributed by atoms with Gasteiger partial charge in [-0.15, -0.1) is 0 Å². The first kappa shape index (κ1) is 16.7. The number of ether oxygens (including phenoxy) is 1. The zero-order valence-corrected chi connectivity index (χ0v) is 12.4. The molecule has 20 heavy (non-hydrogen) atoms. The van der Waals surface area contributed by atoms with Crippen molar-refractivity contribution in [2.24, 2.45) is 5.73 Å². The Bertz CT molecular complexity index is 351. The van der Waals surface area contributed by atoms with E-state index in [0.29, 0.717) is 13.0 Å². The molecular weight excluding hydrogens is 250 g/mol. The monoisotopic (exact) mass is 277 g/mol. The second kappa shape index (κ2) is 11.5. The van der Waals surface area contributed by atoms with E-state index in [1.807, 2.05) is 18.2 Å². The highest BCUT2D eigenvalue weighted by molar-refractivity contribution is 5.73. The maximum atomic E-state index is 10.5. The van der Waals surface area contributed by atoms with E-state index in [9.17, 15) is 4.79 Å². The van der Waals surface area contributed by atoms with Crippen LogP contribution >= 0.6 is 0 Å². The molecule has 3 heteroatoms. The minimum absolute atomic E-state index is 0.180. The maximum Gasteiger partial charge on any atom is 0.217 e. The average molecular weight is 277 g/mol. The third-order valence-electron chi connectivity index (χ3n) is 3.32. The first-order valence-electron chi connectivity index (χ1n) is 7.69. The number of nitrogens with two attached hydrogens (primary N) is 1. The Hall–Kier alpha value is -1.35. The van der Waals surface area contributed by atoms with Gasteiger partial charge in [-0.2, -0.15) is 0 Å². The summed E-state index contributed by atoms with van der Waals surface area (Å²) in [6.45, 7) is 1.56. The van der Waals surface area contributed by atoms with Crippen LogP contribution in [0.4, 0.5) is 0 Å². The van der Waals surface area contributed by atoms with Gasteiger partial charge in [-0.05, 0) is 18.4 Å². The molecule has 112 valence electrons. The minimum Gasteiger partial charge on any atom is -0.377 e. The van der Waals surface area contributed by atoms with Crippen LogP contribution in [0.3, 0.4) is 0 Å². The standard InChI is InChI=1S/C17H27NO2/c18-17(19)13-9-4-2-1-3-5-10-14-20-15-16-11-7-6-8-12-16/h6-8,11-12H,1-5,9-10,13-15H2,(H2,18,19). The van der Waals surface area contributed by atoms with E-state index in [1.54, 1.807) is 0 Å². The number of hydrogen-bond donors (Lipinski definition) is 1. The summed E-state index contributed by atoms with van der Waals surface area (Å²) in [5, 5.41) is 0. The van der Waals surface area contributed by atoms with Crippen molar-refractivity contribution in [2.75, 3.05) is 6.61 Å². The van der Waals surface area contributed by atoms with Crippen molar-refractivity contribution in [1.29, 1.82) is 0 Å². The molecule has 0 aliphatic carbocycles. The smallest absolute Gasteiger partial charge is 0.217 e. The van der Waals surface area contributed by atoms with E-state index in [1.165, 1.54) is 31.2 Å². The van der Waals surface area contributed by atoms with Crippen LogP contribution in [-0.4, -0.2) is 12.5 Å². The van der Waals surface area contributed by atoms with Gasteiger partial charge in [0, 0.05) is 13.0 Å². The largest absolute Gasteiger partial charge is 0.377 e. The lowest BCUT2D eigenvalue weighted by molar-refractivity contribution is -0.118. The summed E-state index contributed by atoms with van der Waals surface area (Å²) in [4.78, 5) is 10.5. The van der Waals surface area contributed by atoms with E-state index < -0.39 is 0 Å². The zero-order chi connectivity index (χ0) is 14.5. The quantitative estimate of drug-likeness (QED) is 0.591. The molecule has 0 aliphatic heterocycles. The number of benzene rings is 1.